The van der Waals surface area contributed by atoms with E-state index >= 15 is 0 Å². The Kier molecular flexibility index (Phi) is 2.68. The van der Waals surface area contributed by atoms with E-state index in [2.05, 4.69) is 29.0 Å². The average molecular weight is 223 g/mol. The van der Waals surface area contributed by atoms with Gasteiger partial charge < -0.3 is 10.3 Å². The summed E-state index contributed by atoms with van der Waals surface area (Å²) in [5, 5.41) is 10.4. The molecule has 0 saturated carbocycles. The summed E-state index contributed by atoms with van der Waals surface area (Å²) in [7, 11) is 0. The zero-order valence-corrected chi connectivity index (χ0v) is 9.53. The molecule has 0 spiro atoms. The second-order valence-corrected chi connectivity index (χ2v) is 4.66. The first kappa shape index (κ1) is 10.1. The average Bonchev–Trinajstić information content (AvgIpc) is 2.72. The Morgan fingerprint density at radius 1 is 1.53 bits per heavy atom. The minimum Gasteiger partial charge on any atom is -0.375 e. The molecule has 0 fully saturated rings. The van der Waals surface area contributed by atoms with Gasteiger partial charge in [0.1, 0.15) is 12.0 Å². The minimum absolute atomic E-state index is 0.552. The number of anilines is 1. The maximum absolute atomic E-state index is 5.59. The third kappa shape index (κ3) is 2.15. The van der Waals surface area contributed by atoms with E-state index < -0.39 is 0 Å². The predicted octanol–water partition coefficient (Wildman–Crippen LogP) is 1.64. The molecule has 0 aliphatic rings. The Morgan fingerprint density at radius 2 is 2.33 bits per heavy atom. The Morgan fingerprint density at radius 3 is 2.93 bits per heavy atom. The van der Waals surface area contributed by atoms with Crippen molar-refractivity contribution in [2.75, 3.05) is 5.73 Å². The van der Waals surface area contributed by atoms with Crippen LogP contribution in [-0.2, 0) is 6.54 Å². The van der Waals surface area contributed by atoms with Crippen molar-refractivity contribution in [1.82, 2.24) is 19.7 Å². The molecule has 5 nitrogen and oxygen atoms in total. The lowest BCUT2D eigenvalue weighted by Crippen LogP contribution is -2.05. The lowest BCUT2D eigenvalue weighted by atomic mass is 10.2. The fraction of sp³-hybridized carbons (Fsp3) is 0.444. The maximum atomic E-state index is 5.59. The van der Waals surface area contributed by atoms with E-state index in [-0.39, 0.29) is 0 Å². The molecular weight excluding hydrogens is 210 g/mol. The third-order valence-corrected chi connectivity index (χ3v) is 2.60. The first-order valence-electron chi connectivity index (χ1n) is 4.76. The van der Waals surface area contributed by atoms with E-state index in [1.165, 1.54) is 11.3 Å². The summed E-state index contributed by atoms with van der Waals surface area (Å²) in [5.41, 5.74) is 6.39. The number of nitrogen functional groups attached to an aromatic ring is 1. The van der Waals surface area contributed by atoms with Crippen LogP contribution in [0.1, 0.15) is 13.8 Å². The van der Waals surface area contributed by atoms with Gasteiger partial charge in [-0.2, -0.15) is 0 Å². The highest BCUT2D eigenvalue weighted by atomic mass is 32.1. The molecule has 0 amide bonds. The van der Waals surface area contributed by atoms with Gasteiger partial charge in [0.05, 0.1) is 0 Å². The summed E-state index contributed by atoms with van der Waals surface area (Å²) in [6.45, 7) is 5.19. The molecule has 2 rings (SSSR count). The first-order chi connectivity index (χ1) is 7.16. The molecule has 0 aromatic carbocycles. The lowest BCUT2D eigenvalue weighted by Gasteiger charge is -2.06. The molecule has 0 atom stereocenters. The summed E-state index contributed by atoms with van der Waals surface area (Å²) in [6, 6.07) is 0. The molecule has 0 bridgehead atoms. The molecule has 0 aliphatic carbocycles. The highest BCUT2D eigenvalue weighted by Crippen LogP contribution is 2.21. The molecule has 2 heterocycles. The number of nitrogens with zero attached hydrogens (tertiary/aromatic N) is 4. The normalized spacial score (nSPS) is 11.1. The fourth-order valence-electron chi connectivity index (χ4n) is 1.37. The lowest BCUT2D eigenvalue weighted by molar-refractivity contribution is 0.525. The van der Waals surface area contributed by atoms with E-state index in [9.17, 15) is 0 Å². The van der Waals surface area contributed by atoms with Gasteiger partial charge in [0, 0.05) is 11.9 Å². The number of nitrogens with two attached hydrogens (primary N) is 1. The van der Waals surface area contributed by atoms with Gasteiger partial charge in [0.25, 0.3) is 0 Å². The van der Waals surface area contributed by atoms with Crippen molar-refractivity contribution in [3.63, 3.8) is 0 Å². The molecule has 6 heteroatoms. The van der Waals surface area contributed by atoms with Gasteiger partial charge >= 0.3 is 0 Å². The molecule has 0 saturated heterocycles. The molecule has 0 aliphatic heterocycles. The Balaban J connectivity index is 2.32. The van der Waals surface area contributed by atoms with Crippen LogP contribution in [-0.4, -0.2) is 19.7 Å². The van der Waals surface area contributed by atoms with Gasteiger partial charge in [-0.15, -0.1) is 21.5 Å². The number of hydrogen-bond acceptors (Lipinski definition) is 5. The quantitative estimate of drug-likeness (QED) is 0.858. The number of thiazole rings is 1. The van der Waals surface area contributed by atoms with Crippen LogP contribution < -0.4 is 5.73 Å². The monoisotopic (exact) mass is 223 g/mol. The number of aromatic nitrogens is 4. The van der Waals surface area contributed by atoms with Gasteiger partial charge in [-0.25, -0.2) is 4.98 Å². The molecule has 0 radical (unpaired) electrons. The van der Waals surface area contributed by atoms with Crippen LogP contribution in [0, 0.1) is 5.92 Å². The van der Waals surface area contributed by atoms with Crippen LogP contribution in [0.5, 0.6) is 0 Å². The Bertz CT molecular complexity index is 445. The molecule has 0 unspecified atom stereocenters. The third-order valence-electron chi connectivity index (χ3n) is 1.93. The summed E-state index contributed by atoms with van der Waals surface area (Å²) in [4.78, 5) is 4.19. The van der Waals surface area contributed by atoms with Crippen molar-refractivity contribution in [3.8, 4) is 11.5 Å². The van der Waals surface area contributed by atoms with Crippen molar-refractivity contribution >= 4 is 16.5 Å². The molecule has 2 aromatic heterocycles. The Labute approximate surface area is 92.0 Å². The molecular formula is C9H13N5S. The standard InChI is InChI=1S/C9H13N5S/c1-6(2)3-14-5-11-13-8(14)7-4-15-9(10)12-7/h4-6H,3H2,1-2H3,(H2,10,12). The van der Waals surface area contributed by atoms with Gasteiger partial charge in [0.15, 0.2) is 11.0 Å². The zero-order chi connectivity index (χ0) is 10.8. The van der Waals surface area contributed by atoms with Crippen molar-refractivity contribution in [1.29, 1.82) is 0 Å². The molecule has 2 aromatic rings. The van der Waals surface area contributed by atoms with Gasteiger partial charge in [-0.05, 0) is 5.92 Å². The summed E-state index contributed by atoms with van der Waals surface area (Å²) >= 11 is 1.42. The molecule has 15 heavy (non-hydrogen) atoms. The zero-order valence-electron chi connectivity index (χ0n) is 8.71. The van der Waals surface area contributed by atoms with Crippen LogP contribution in [0.2, 0.25) is 0 Å². The maximum Gasteiger partial charge on any atom is 0.183 e. The van der Waals surface area contributed by atoms with Crippen molar-refractivity contribution in [2.24, 2.45) is 5.92 Å². The van der Waals surface area contributed by atoms with Crippen LogP contribution in [0.4, 0.5) is 5.13 Å². The van der Waals surface area contributed by atoms with E-state index in [0.717, 1.165) is 18.1 Å². The first-order valence-corrected chi connectivity index (χ1v) is 5.64. The largest absolute Gasteiger partial charge is 0.375 e. The highest BCUT2D eigenvalue weighted by Gasteiger charge is 2.11. The second-order valence-electron chi connectivity index (χ2n) is 3.77. The number of hydrogen-bond donors (Lipinski definition) is 1. The van der Waals surface area contributed by atoms with Gasteiger partial charge in [0.2, 0.25) is 0 Å². The van der Waals surface area contributed by atoms with E-state index in [1.54, 1.807) is 6.33 Å². The van der Waals surface area contributed by atoms with E-state index in [4.69, 9.17) is 5.73 Å². The number of rotatable bonds is 3. The second kappa shape index (κ2) is 3.98. The summed E-state index contributed by atoms with van der Waals surface area (Å²) in [5.74, 6) is 1.34. The van der Waals surface area contributed by atoms with Gasteiger partial charge in [-0.1, -0.05) is 13.8 Å². The Hall–Kier alpha value is -1.43. The van der Waals surface area contributed by atoms with Crippen LogP contribution in [0.25, 0.3) is 11.5 Å². The van der Waals surface area contributed by atoms with Crippen LogP contribution in [0.15, 0.2) is 11.7 Å². The van der Waals surface area contributed by atoms with Crippen molar-refractivity contribution in [3.05, 3.63) is 11.7 Å². The van der Waals surface area contributed by atoms with E-state index in [1.807, 2.05) is 9.95 Å². The topological polar surface area (TPSA) is 69.6 Å². The van der Waals surface area contributed by atoms with Gasteiger partial charge in [-0.3, -0.25) is 0 Å². The van der Waals surface area contributed by atoms with E-state index in [0.29, 0.717) is 11.0 Å². The highest BCUT2D eigenvalue weighted by molar-refractivity contribution is 7.13. The summed E-state index contributed by atoms with van der Waals surface area (Å²) < 4.78 is 2.00. The molecule has 2 N–H and O–H groups in total. The minimum atomic E-state index is 0.552. The smallest absolute Gasteiger partial charge is 0.183 e. The molecule has 80 valence electrons. The van der Waals surface area contributed by atoms with Crippen molar-refractivity contribution < 1.29 is 0 Å². The SMILES string of the molecule is CC(C)Cn1cnnc1-c1csc(N)n1. The van der Waals surface area contributed by atoms with Crippen LogP contribution >= 0.6 is 11.3 Å². The summed E-state index contributed by atoms with van der Waals surface area (Å²) in [6.07, 6.45) is 1.73. The fourth-order valence-corrected chi connectivity index (χ4v) is 1.91. The predicted molar refractivity (Wildman–Crippen MR) is 60.4 cm³/mol. The van der Waals surface area contributed by atoms with Crippen molar-refractivity contribution in [2.45, 2.75) is 20.4 Å². The van der Waals surface area contributed by atoms with Crippen LogP contribution in [0.3, 0.4) is 0 Å².